The van der Waals surface area contributed by atoms with Crippen LogP contribution in [0.5, 0.6) is 0 Å². The number of hydrogen-bond donors (Lipinski definition) is 0. The number of benzene rings is 1. The average Bonchev–Trinajstić information content (AvgIpc) is 2.87. The van der Waals surface area contributed by atoms with Crippen molar-refractivity contribution in [2.75, 3.05) is 36.0 Å². The van der Waals surface area contributed by atoms with Crippen LogP contribution in [0.1, 0.15) is 43.6 Å². The van der Waals surface area contributed by atoms with E-state index in [0.29, 0.717) is 23.1 Å². The van der Waals surface area contributed by atoms with Crippen molar-refractivity contribution < 1.29 is 4.39 Å². The number of aromatic nitrogens is 3. The first-order valence-corrected chi connectivity index (χ1v) is 11.9. The third kappa shape index (κ3) is 4.49. The van der Waals surface area contributed by atoms with Crippen LogP contribution in [-0.4, -0.2) is 40.7 Å². The molecule has 0 saturated carbocycles. The second kappa shape index (κ2) is 9.33. The van der Waals surface area contributed by atoms with Gasteiger partial charge in [0, 0.05) is 62.7 Å². The van der Waals surface area contributed by atoms with Crippen LogP contribution in [0, 0.1) is 5.82 Å². The predicted molar refractivity (Wildman–Crippen MR) is 129 cm³/mol. The summed E-state index contributed by atoms with van der Waals surface area (Å²) in [5.41, 5.74) is 3.08. The number of piperidine rings is 2. The highest BCUT2D eigenvalue weighted by molar-refractivity contribution is 5.60. The molecule has 0 radical (unpaired) electrons. The standard InChI is InChI=1S/C26H30FN5O/c1-30-25(33)16-24(22-11-12-28-17-23(22)27)29-26(30)32-15-5-6-20(18-32)19-7-9-21(10-8-19)31-13-3-2-4-14-31/h7-12,16-17,20H,2-6,13-15,18H2,1H3. The van der Waals surface area contributed by atoms with E-state index in [9.17, 15) is 9.18 Å². The molecule has 2 saturated heterocycles. The van der Waals surface area contributed by atoms with Crippen molar-refractivity contribution >= 4 is 11.6 Å². The van der Waals surface area contributed by atoms with Crippen LogP contribution < -0.4 is 15.4 Å². The summed E-state index contributed by atoms with van der Waals surface area (Å²) in [7, 11) is 1.73. The fourth-order valence-corrected chi connectivity index (χ4v) is 5.07. The third-order valence-corrected chi connectivity index (χ3v) is 6.95. The van der Waals surface area contributed by atoms with Crippen molar-refractivity contribution in [2.24, 2.45) is 7.05 Å². The number of rotatable bonds is 4. The van der Waals surface area contributed by atoms with Gasteiger partial charge in [-0.25, -0.2) is 9.37 Å². The lowest BCUT2D eigenvalue weighted by Crippen LogP contribution is -2.38. The highest BCUT2D eigenvalue weighted by atomic mass is 19.1. The quantitative estimate of drug-likeness (QED) is 0.595. The van der Waals surface area contributed by atoms with Gasteiger partial charge in [0.15, 0.2) is 5.82 Å². The summed E-state index contributed by atoms with van der Waals surface area (Å²) in [6.45, 7) is 3.89. The molecule has 2 aromatic heterocycles. The molecule has 1 aromatic carbocycles. The van der Waals surface area contributed by atoms with Gasteiger partial charge in [-0.3, -0.25) is 14.3 Å². The van der Waals surface area contributed by atoms with Gasteiger partial charge >= 0.3 is 0 Å². The molecule has 2 fully saturated rings. The Kier molecular flexibility index (Phi) is 6.11. The highest BCUT2D eigenvalue weighted by Crippen LogP contribution is 2.31. The zero-order valence-electron chi connectivity index (χ0n) is 19.1. The molecule has 33 heavy (non-hydrogen) atoms. The van der Waals surface area contributed by atoms with Crippen LogP contribution in [0.4, 0.5) is 16.0 Å². The van der Waals surface area contributed by atoms with E-state index in [1.54, 1.807) is 17.7 Å². The van der Waals surface area contributed by atoms with Crippen molar-refractivity contribution in [3.8, 4) is 11.3 Å². The van der Waals surface area contributed by atoms with Crippen molar-refractivity contribution in [2.45, 2.75) is 38.0 Å². The summed E-state index contributed by atoms with van der Waals surface area (Å²) in [6.07, 6.45) is 8.66. The first kappa shape index (κ1) is 21.6. The average molecular weight is 448 g/mol. The molecule has 0 aliphatic carbocycles. The molecule has 0 N–H and O–H groups in total. The Hall–Kier alpha value is -3.22. The third-order valence-electron chi connectivity index (χ3n) is 6.95. The SMILES string of the molecule is Cn1c(N2CCCC(c3ccc(N4CCCCC4)cc3)C2)nc(-c2ccncc2F)cc1=O. The molecule has 4 heterocycles. The summed E-state index contributed by atoms with van der Waals surface area (Å²) in [6, 6.07) is 12.0. The second-order valence-electron chi connectivity index (χ2n) is 9.12. The van der Waals surface area contributed by atoms with Gasteiger partial charge in [0.1, 0.15) is 0 Å². The molecule has 0 amide bonds. The minimum atomic E-state index is -0.477. The normalized spacial score (nSPS) is 19.0. The number of nitrogens with zero attached hydrogens (tertiary/aromatic N) is 5. The molecule has 2 aliphatic rings. The Bertz CT molecular complexity index is 1170. The van der Waals surface area contributed by atoms with Crippen LogP contribution in [0.3, 0.4) is 0 Å². The Morgan fingerprint density at radius 2 is 1.73 bits per heavy atom. The molecule has 0 spiro atoms. The van der Waals surface area contributed by atoms with Gasteiger partial charge in [-0.15, -0.1) is 0 Å². The van der Waals surface area contributed by atoms with Gasteiger partial charge in [0.2, 0.25) is 5.95 Å². The van der Waals surface area contributed by atoms with Crippen molar-refractivity contribution in [1.82, 2.24) is 14.5 Å². The molecular formula is C26H30FN5O. The molecule has 3 aromatic rings. The van der Waals surface area contributed by atoms with Crippen molar-refractivity contribution in [3.05, 3.63) is 70.5 Å². The van der Waals surface area contributed by atoms with Gasteiger partial charge in [-0.2, -0.15) is 0 Å². The fourth-order valence-electron chi connectivity index (χ4n) is 5.07. The molecule has 7 heteroatoms. The van der Waals surface area contributed by atoms with E-state index in [2.05, 4.69) is 39.0 Å². The van der Waals surface area contributed by atoms with E-state index in [1.807, 2.05) is 0 Å². The monoisotopic (exact) mass is 447 g/mol. The lowest BCUT2D eigenvalue weighted by Gasteiger charge is -2.35. The maximum atomic E-state index is 14.3. The number of anilines is 2. The van der Waals surface area contributed by atoms with Crippen LogP contribution in [0.25, 0.3) is 11.3 Å². The zero-order valence-corrected chi connectivity index (χ0v) is 19.1. The first-order valence-electron chi connectivity index (χ1n) is 11.9. The molecule has 172 valence electrons. The second-order valence-corrected chi connectivity index (χ2v) is 9.12. The molecule has 6 nitrogen and oxygen atoms in total. The first-order chi connectivity index (χ1) is 16.1. The topological polar surface area (TPSA) is 54.3 Å². The number of hydrogen-bond acceptors (Lipinski definition) is 5. The lowest BCUT2D eigenvalue weighted by atomic mass is 9.90. The zero-order chi connectivity index (χ0) is 22.8. The van der Waals surface area contributed by atoms with Crippen LogP contribution in [0.2, 0.25) is 0 Å². The number of pyridine rings is 1. The van der Waals surface area contributed by atoms with E-state index >= 15 is 0 Å². The summed E-state index contributed by atoms with van der Waals surface area (Å²) < 4.78 is 15.9. The van der Waals surface area contributed by atoms with Crippen LogP contribution >= 0.6 is 0 Å². The van der Waals surface area contributed by atoms with Crippen molar-refractivity contribution in [1.29, 1.82) is 0 Å². The lowest BCUT2D eigenvalue weighted by molar-refractivity contribution is 0.497. The molecule has 1 atom stereocenters. The maximum Gasteiger partial charge on any atom is 0.255 e. The highest BCUT2D eigenvalue weighted by Gasteiger charge is 2.25. The molecular weight excluding hydrogens is 417 g/mol. The van der Waals surface area contributed by atoms with Gasteiger partial charge in [-0.05, 0) is 55.9 Å². The largest absolute Gasteiger partial charge is 0.372 e. The van der Waals surface area contributed by atoms with Gasteiger partial charge in [0.25, 0.3) is 5.56 Å². The van der Waals surface area contributed by atoms with Gasteiger partial charge < -0.3 is 9.80 Å². The van der Waals surface area contributed by atoms with Crippen LogP contribution in [-0.2, 0) is 7.05 Å². The Morgan fingerprint density at radius 3 is 2.48 bits per heavy atom. The summed E-state index contributed by atoms with van der Waals surface area (Å²) in [5.74, 6) is 0.477. The molecule has 0 bridgehead atoms. The summed E-state index contributed by atoms with van der Waals surface area (Å²) >= 11 is 0. The van der Waals surface area contributed by atoms with Crippen molar-refractivity contribution in [3.63, 3.8) is 0 Å². The smallest absolute Gasteiger partial charge is 0.255 e. The minimum Gasteiger partial charge on any atom is -0.372 e. The van der Waals surface area contributed by atoms with E-state index in [0.717, 1.165) is 45.2 Å². The maximum absolute atomic E-state index is 14.3. The van der Waals surface area contributed by atoms with E-state index in [-0.39, 0.29) is 5.56 Å². The van der Waals surface area contributed by atoms with E-state index in [1.165, 1.54) is 42.8 Å². The van der Waals surface area contributed by atoms with Crippen LogP contribution in [0.15, 0.2) is 53.6 Å². The van der Waals surface area contributed by atoms with E-state index in [4.69, 9.17) is 4.98 Å². The predicted octanol–water partition coefficient (Wildman–Crippen LogP) is 4.36. The van der Waals surface area contributed by atoms with Gasteiger partial charge in [0.05, 0.1) is 11.9 Å². The summed E-state index contributed by atoms with van der Waals surface area (Å²) in [4.78, 5) is 25.8. The summed E-state index contributed by atoms with van der Waals surface area (Å²) in [5, 5.41) is 0. The molecule has 2 aliphatic heterocycles. The van der Waals surface area contributed by atoms with Gasteiger partial charge in [-0.1, -0.05) is 12.1 Å². The minimum absolute atomic E-state index is 0.195. The Morgan fingerprint density at radius 1 is 0.970 bits per heavy atom. The Labute approximate surface area is 193 Å². The fraction of sp³-hybridized carbons (Fsp3) is 0.423. The molecule has 5 rings (SSSR count). The molecule has 1 unspecified atom stereocenters. The Balaban J connectivity index is 1.39. The van der Waals surface area contributed by atoms with E-state index < -0.39 is 5.82 Å². The number of halogens is 1.